The molecule has 6 nitrogen and oxygen atoms in total. The molecule has 0 bridgehead atoms. The van der Waals surface area contributed by atoms with Crippen LogP contribution in [0.3, 0.4) is 0 Å². The van der Waals surface area contributed by atoms with E-state index in [2.05, 4.69) is 15.3 Å². The molecule has 0 aliphatic heterocycles. The number of benzene rings is 1. The highest BCUT2D eigenvalue weighted by molar-refractivity contribution is 7.89. The summed E-state index contributed by atoms with van der Waals surface area (Å²) in [6.07, 6.45) is 1.46. The van der Waals surface area contributed by atoms with E-state index in [9.17, 15) is 8.42 Å². The van der Waals surface area contributed by atoms with Crippen molar-refractivity contribution in [1.29, 1.82) is 0 Å². The Kier molecular flexibility index (Phi) is 3.13. The quantitative estimate of drug-likeness (QED) is 0.772. The number of rotatable bonds is 3. The van der Waals surface area contributed by atoms with Crippen molar-refractivity contribution >= 4 is 43.1 Å². The van der Waals surface area contributed by atoms with Gasteiger partial charge < -0.3 is 5.32 Å². The lowest BCUT2D eigenvalue weighted by Crippen LogP contribution is -2.12. The van der Waals surface area contributed by atoms with Crippen molar-refractivity contribution in [2.45, 2.75) is 4.90 Å². The summed E-state index contributed by atoms with van der Waals surface area (Å²) in [5.74, 6) is 0.628. The summed E-state index contributed by atoms with van der Waals surface area (Å²) in [5, 5.41) is 11.0. The number of hydrogen-bond donors (Lipinski definition) is 2. The van der Waals surface area contributed by atoms with Crippen molar-refractivity contribution in [3.63, 3.8) is 0 Å². The second-order valence-corrected chi connectivity index (χ2v) is 6.52. The minimum Gasteiger partial charge on any atom is -0.340 e. The molecule has 102 valence electrons. The molecule has 0 radical (unpaired) electrons. The molecule has 0 atom stereocenters. The molecular weight excluding hydrogens is 296 g/mol. The first kappa shape index (κ1) is 13.0. The molecular formula is C12H10N4O2S2. The Morgan fingerprint density at radius 2 is 2.05 bits per heavy atom. The number of nitrogens with two attached hydrogens (primary N) is 1. The second kappa shape index (κ2) is 4.82. The summed E-state index contributed by atoms with van der Waals surface area (Å²) in [4.78, 5) is 9.24. The van der Waals surface area contributed by atoms with Gasteiger partial charge in [-0.05, 0) is 29.6 Å². The van der Waals surface area contributed by atoms with E-state index < -0.39 is 10.0 Å². The van der Waals surface area contributed by atoms with Crippen molar-refractivity contribution in [3.05, 3.63) is 42.0 Å². The van der Waals surface area contributed by atoms with Crippen molar-refractivity contribution in [2.75, 3.05) is 5.32 Å². The van der Waals surface area contributed by atoms with Gasteiger partial charge in [0.05, 0.1) is 10.3 Å². The molecule has 1 aromatic carbocycles. The van der Waals surface area contributed by atoms with Crippen LogP contribution in [-0.4, -0.2) is 18.4 Å². The highest BCUT2D eigenvalue weighted by atomic mass is 32.2. The molecule has 0 unspecified atom stereocenters. The molecule has 3 aromatic rings. The van der Waals surface area contributed by atoms with Gasteiger partial charge in [0.1, 0.15) is 17.0 Å². The maximum absolute atomic E-state index is 11.3. The van der Waals surface area contributed by atoms with Gasteiger partial charge in [-0.25, -0.2) is 23.5 Å². The van der Waals surface area contributed by atoms with Crippen LogP contribution in [0.2, 0.25) is 0 Å². The molecule has 2 aromatic heterocycles. The van der Waals surface area contributed by atoms with Crippen molar-refractivity contribution < 1.29 is 8.42 Å². The number of fused-ring (bicyclic) bond motifs is 1. The molecule has 2 heterocycles. The predicted molar refractivity (Wildman–Crippen MR) is 78.5 cm³/mol. The third-order valence-electron chi connectivity index (χ3n) is 2.69. The summed E-state index contributed by atoms with van der Waals surface area (Å²) >= 11 is 1.51. The first-order chi connectivity index (χ1) is 9.54. The van der Waals surface area contributed by atoms with Crippen molar-refractivity contribution in [2.24, 2.45) is 5.14 Å². The van der Waals surface area contributed by atoms with Crippen LogP contribution in [-0.2, 0) is 10.0 Å². The fourth-order valence-corrected chi connectivity index (χ4v) is 3.07. The molecule has 0 aliphatic rings. The average molecular weight is 306 g/mol. The standard InChI is InChI=1S/C12H10N4O2S2/c13-20(17,18)9-3-1-2-8(6-9)16-11-10-4-5-19-12(10)15-7-14-11/h1-7H,(H2,13,17,18)(H,14,15,16). The first-order valence-electron chi connectivity index (χ1n) is 5.62. The van der Waals surface area contributed by atoms with Crippen LogP contribution in [0, 0.1) is 0 Å². The lowest BCUT2D eigenvalue weighted by atomic mass is 10.3. The Hall–Kier alpha value is -2.03. The maximum atomic E-state index is 11.3. The Labute approximate surface area is 119 Å². The minimum atomic E-state index is -3.72. The van der Waals surface area contributed by atoms with Gasteiger partial charge in [-0.15, -0.1) is 11.3 Å². The van der Waals surface area contributed by atoms with E-state index in [0.717, 1.165) is 10.2 Å². The van der Waals surface area contributed by atoms with Gasteiger partial charge in [0.2, 0.25) is 10.0 Å². The Bertz CT molecular complexity index is 874. The van der Waals surface area contributed by atoms with Gasteiger partial charge >= 0.3 is 0 Å². The zero-order valence-electron chi connectivity index (χ0n) is 10.1. The lowest BCUT2D eigenvalue weighted by molar-refractivity contribution is 0.598. The van der Waals surface area contributed by atoms with E-state index >= 15 is 0 Å². The summed E-state index contributed by atoms with van der Waals surface area (Å²) in [5.41, 5.74) is 0.600. The molecule has 0 saturated heterocycles. The molecule has 0 aliphatic carbocycles. The predicted octanol–water partition coefficient (Wildman–Crippen LogP) is 2.08. The van der Waals surface area contributed by atoms with Crippen LogP contribution in [0.5, 0.6) is 0 Å². The molecule has 0 spiro atoms. The summed E-state index contributed by atoms with van der Waals surface area (Å²) in [6.45, 7) is 0. The molecule has 20 heavy (non-hydrogen) atoms. The van der Waals surface area contributed by atoms with Gasteiger partial charge in [-0.2, -0.15) is 0 Å². The highest BCUT2D eigenvalue weighted by Gasteiger charge is 2.09. The summed E-state index contributed by atoms with van der Waals surface area (Å²) in [6, 6.07) is 8.19. The largest absolute Gasteiger partial charge is 0.340 e. The average Bonchev–Trinajstić information content (AvgIpc) is 2.87. The Morgan fingerprint density at radius 1 is 1.20 bits per heavy atom. The van der Waals surface area contributed by atoms with Crippen molar-refractivity contribution in [1.82, 2.24) is 9.97 Å². The minimum absolute atomic E-state index is 0.0538. The van der Waals surface area contributed by atoms with E-state index in [1.807, 2.05) is 11.4 Å². The number of nitrogens with zero attached hydrogens (tertiary/aromatic N) is 2. The normalized spacial score (nSPS) is 11.7. The molecule has 3 rings (SSSR count). The molecule has 0 saturated carbocycles. The van der Waals surface area contributed by atoms with Crippen LogP contribution in [0.1, 0.15) is 0 Å². The van der Waals surface area contributed by atoms with Crippen LogP contribution < -0.4 is 10.5 Å². The number of primary sulfonamides is 1. The Balaban J connectivity index is 2.01. The summed E-state index contributed by atoms with van der Waals surface area (Å²) in [7, 11) is -3.72. The number of aromatic nitrogens is 2. The molecule has 0 amide bonds. The first-order valence-corrected chi connectivity index (χ1v) is 8.05. The fraction of sp³-hybridized carbons (Fsp3) is 0. The zero-order chi connectivity index (χ0) is 14.2. The smallest absolute Gasteiger partial charge is 0.238 e. The van der Waals surface area contributed by atoms with E-state index in [-0.39, 0.29) is 4.90 Å². The van der Waals surface area contributed by atoms with E-state index in [1.165, 1.54) is 29.8 Å². The van der Waals surface area contributed by atoms with Crippen molar-refractivity contribution in [3.8, 4) is 0 Å². The fourth-order valence-electron chi connectivity index (χ4n) is 1.78. The molecule has 3 N–H and O–H groups in total. The number of thiophene rings is 1. The second-order valence-electron chi connectivity index (χ2n) is 4.06. The third kappa shape index (κ3) is 2.48. The van der Waals surface area contributed by atoms with Crippen LogP contribution in [0.25, 0.3) is 10.2 Å². The molecule has 0 fully saturated rings. The number of nitrogens with one attached hydrogen (secondary N) is 1. The third-order valence-corrected chi connectivity index (χ3v) is 4.42. The number of hydrogen-bond acceptors (Lipinski definition) is 6. The molecule has 8 heteroatoms. The number of anilines is 2. The lowest BCUT2D eigenvalue weighted by Gasteiger charge is -2.07. The van der Waals surface area contributed by atoms with Gasteiger partial charge in [-0.1, -0.05) is 6.07 Å². The van der Waals surface area contributed by atoms with E-state index in [1.54, 1.807) is 12.1 Å². The SMILES string of the molecule is NS(=O)(=O)c1cccc(Nc2ncnc3sccc23)c1. The Morgan fingerprint density at radius 3 is 2.85 bits per heavy atom. The topological polar surface area (TPSA) is 98.0 Å². The zero-order valence-corrected chi connectivity index (χ0v) is 11.8. The highest BCUT2D eigenvalue weighted by Crippen LogP contribution is 2.26. The van der Waals surface area contributed by atoms with Gasteiger partial charge in [0.25, 0.3) is 0 Å². The summed E-state index contributed by atoms with van der Waals surface area (Å²) < 4.78 is 22.7. The van der Waals surface area contributed by atoms with E-state index in [0.29, 0.717) is 11.5 Å². The van der Waals surface area contributed by atoms with Crippen LogP contribution in [0.4, 0.5) is 11.5 Å². The maximum Gasteiger partial charge on any atom is 0.238 e. The van der Waals surface area contributed by atoms with Gasteiger partial charge in [0, 0.05) is 5.69 Å². The van der Waals surface area contributed by atoms with Crippen LogP contribution in [0.15, 0.2) is 46.9 Å². The van der Waals surface area contributed by atoms with Gasteiger partial charge in [-0.3, -0.25) is 0 Å². The van der Waals surface area contributed by atoms with Gasteiger partial charge in [0.15, 0.2) is 0 Å². The van der Waals surface area contributed by atoms with E-state index in [4.69, 9.17) is 5.14 Å². The number of sulfonamides is 1. The van der Waals surface area contributed by atoms with Crippen LogP contribution >= 0.6 is 11.3 Å². The monoisotopic (exact) mass is 306 g/mol.